The van der Waals surface area contributed by atoms with E-state index in [2.05, 4.69) is 9.97 Å². The van der Waals surface area contributed by atoms with E-state index in [1.54, 1.807) is 6.92 Å². The van der Waals surface area contributed by atoms with E-state index in [0.29, 0.717) is 17.6 Å². The fourth-order valence-electron chi connectivity index (χ4n) is 0.960. The third kappa shape index (κ3) is 3.23. The van der Waals surface area contributed by atoms with Gasteiger partial charge in [-0.15, -0.1) is 0 Å². The molecule has 0 spiro atoms. The number of aromatic nitrogens is 2. The van der Waals surface area contributed by atoms with Crippen LogP contribution < -0.4 is 0 Å². The summed E-state index contributed by atoms with van der Waals surface area (Å²) in [6.45, 7) is 1.65. The summed E-state index contributed by atoms with van der Waals surface area (Å²) < 4.78 is 36.2. The van der Waals surface area contributed by atoms with Crippen molar-refractivity contribution in [3.63, 3.8) is 0 Å². The molecule has 1 heterocycles. The van der Waals surface area contributed by atoms with Crippen molar-refractivity contribution >= 4 is 0 Å². The van der Waals surface area contributed by atoms with Crippen molar-refractivity contribution < 1.29 is 18.3 Å². The molecule has 1 N–H and O–H groups in total. The second kappa shape index (κ2) is 4.29. The summed E-state index contributed by atoms with van der Waals surface area (Å²) in [6.07, 6.45) is -1.08. The van der Waals surface area contributed by atoms with Crippen molar-refractivity contribution in [3.8, 4) is 0 Å². The number of hydrogen-bond donors (Lipinski definition) is 1. The number of alkyl halides is 3. The topological polar surface area (TPSA) is 46.0 Å². The van der Waals surface area contributed by atoms with Crippen molar-refractivity contribution in [2.75, 3.05) is 0 Å². The molecule has 0 saturated heterocycles. The summed E-state index contributed by atoms with van der Waals surface area (Å²) in [4.78, 5) is 6.38. The zero-order valence-corrected chi connectivity index (χ0v) is 7.91. The molecule has 0 amide bonds. The number of aliphatic hydroxyl groups is 1. The van der Waals surface area contributed by atoms with Crippen LogP contribution in [-0.2, 0) is 12.6 Å². The minimum absolute atomic E-state index is 0.328. The maximum Gasteiger partial charge on any atom is 0.451 e. The van der Waals surface area contributed by atoms with Crippen molar-refractivity contribution in [2.24, 2.45) is 0 Å². The van der Waals surface area contributed by atoms with E-state index < -0.39 is 12.0 Å². The lowest BCUT2D eigenvalue weighted by atomic mass is 10.1. The molecule has 0 atom stereocenters. The Bertz CT molecular complexity index is 357. The second-order valence-corrected chi connectivity index (χ2v) is 3.06. The van der Waals surface area contributed by atoms with E-state index in [1.165, 1.54) is 0 Å². The standard InChI is InChI=1S/C9H9F3N2O/c1-6(5-15)2-7-3-13-8(14-4-7)9(10,11)12/h3-5,15H,2H2,1H3/b6-5+. The highest BCUT2D eigenvalue weighted by atomic mass is 19.4. The third-order valence-corrected chi connectivity index (χ3v) is 1.66. The van der Waals surface area contributed by atoms with Gasteiger partial charge in [0.2, 0.25) is 5.82 Å². The Balaban J connectivity index is 2.82. The van der Waals surface area contributed by atoms with Crippen LogP contribution in [0.15, 0.2) is 24.2 Å². The molecule has 3 nitrogen and oxygen atoms in total. The molecule has 1 aromatic rings. The summed E-state index contributed by atoms with van der Waals surface area (Å²) in [5, 5.41) is 8.60. The fraction of sp³-hybridized carbons (Fsp3) is 0.333. The molecule has 0 aliphatic carbocycles. The van der Waals surface area contributed by atoms with Crippen molar-refractivity contribution in [3.05, 3.63) is 35.6 Å². The average molecular weight is 218 g/mol. The van der Waals surface area contributed by atoms with Crippen LogP contribution in [0.25, 0.3) is 0 Å². The van der Waals surface area contributed by atoms with Gasteiger partial charge in [0.25, 0.3) is 0 Å². The highest BCUT2D eigenvalue weighted by Crippen LogP contribution is 2.25. The molecule has 0 unspecified atom stereocenters. The van der Waals surface area contributed by atoms with Crippen LogP contribution >= 0.6 is 0 Å². The molecule has 0 aromatic carbocycles. The number of rotatable bonds is 2. The molecular formula is C9H9F3N2O. The lowest BCUT2D eigenvalue weighted by Crippen LogP contribution is -2.10. The Hall–Kier alpha value is -1.59. The Morgan fingerprint density at radius 2 is 1.93 bits per heavy atom. The SMILES string of the molecule is C/C(=C\O)Cc1cnc(C(F)(F)F)nc1. The quantitative estimate of drug-likeness (QED) is 0.775. The minimum atomic E-state index is -4.51. The van der Waals surface area contributed by atoms with Gasteiger partial charge in [-0.3, -0.25) is 0 Å². The van der Waals surface area contributed by atoms with Gasteiger partial charge in [-0.2, -0.15) is 13.2 Å². The minimum Gasteiger partial charge on any atom is -0.516 e. The molecular weight excluding hydrogens is 209 g/mol. The molecule has 82 valence electrons. The number of allylic oxidation sites excluding steroid dienone is 1. The molecule has 6 heteroatoms. The van der Waals surface area contributed by atoms with Gasteiger partial charge < -0.3 is 5.11 Å². The highest BCUT2D eigenvalue weighted by molar-refractivity contribution is 5.14. The fourth-order valence-corrected chi connectivity index (χ4v) is 0.960. The second-order valence-electron chi connectivity index (χ2n) is 3.06. The van der Waals surface area contributed by atoms with Crippen LogP contribution in [0.5, 0.6) is 0 Å². The first kappa shape index (κ1) is 11.5. The highest BCUT2D eigenvalue weighted by Gasteiger charge is 2.34. The lowest BCUT2D eigenvalue weighted by molar-refractivity contribution is -0.145. The van der Waals surface area contributed by atoms with Gasteiger partial charge in [-0.05, 0) is 24.5 Å². The monoisotopic (exact) mass is 218 g/mol. The van der Waals surface area contributed by atoms with E-state index >= 15 is 0 Å². The third-order valence-electron chi connectivity index (χ3n) is 1.66. The zero-order valence-electron chi connectivity index (χ0n) is 7.91. The molecule has 1 rings (SSSR count). The largest absolute Gasteiger partial charge is 0.516 e. The van der Waals surface area contributed by atoms with Gasteiger partial charge in [0.1, 0.15) is 0 Å². The van der Waals surface area contributed by atoms with Gasteiger partial charge in [0.05, 0.1) is 6.26 Å². The molecule has 15 heavy (non-hydrogen) atoms. The number of aliphatic hydroxyl groups excluding tert-OH is 1. The molecule has 0 radical (unpaired) electrons. The Morgan fingerprint density at radius 3 is 2.33 bits per heavy atom. The molecule has 0 bridgehead atoms. The van der Waals surface area contributed by atoms with Gasteiger partial charge in [0.15, 0.2) is 0 Å². The Kier molecular flexibility index (Phi) is 3.28. The van der Waals surface area contributed by atoms with Gasteiger partial charge in [-0.1, -0.05) is 0 Å². The van der Waals surface area contributed by atoms with Crippen molar-refractivity contribution in [1.82, 2.24) is 9.97 Å². The first-order valence-electron chi connectivity index (χ1n) is 4.11. The van der Waals surface area contributed by atoms with E-state index in [1.807, 2.05) is 0 Å². The molecule has 0 saturated carbocycles. The van der Waals surface area contributed by atoms with Crippen LogP contribution in [0.4, 0.5) is 13.2 Å². The smallest absolute Gasteiger partial charge is 0.451 e. The summed E-state index contributed by atoms with van der Waals surface area (Å²) in [5.74, 6) is -1.16. The normalized spacial score (nSPS) is 12.9. The van der Waals surface area contributed by atoms with Crippen LogP contribution in [0, 0.1) is 0 Å². The van der Waals surface area contributed by atoms with E-state index in [9.17, 15) is 13.2 Å². The van der Waals surface area contributed by atoms with E-state index in [0.717, 1.165) is 18.7 Å². The summed E-state index contributed by atoms with van der Waals surface area (Å²) in [5.41, 5.74) is 1.14. The van der Waals surface area contributed by atoms with E-state index in [-0.39, 0.29) is 0 Å². The maximum atomic E-state index is 12.1. The van der Waals surface area contributed by atoms with Crippen molar-refractivity contribution in [2.45, 2.75) is 19.5 Å². The first-order valence-corrected chi connectivity index (χ1v) is 4.11. The van der Waals surface area contributed by atoms with Gasteiger partial charge >= 0.3 is 6.18 Å². The van der Waals surface area contributed by atoms with Crippen LogP contribution in [0.1, 0.15) is 18.3 Å². The number of hydrogen-bond acceptors (Lipinski definition) is 3. The molecule has 0 aliphatic heterocycles. The molecule has 1 aromatic heterocycles. The summed E-state index contributed by atoms with van der Waals surface area (Å²) in [6, 6.07) is 0. The maximum absolute atomic E-state index is 12.1. The molecule has 0 fully saturated rings. The Labute approximate surface area is 84.3 Å². The van der Waals surface area contributed by atoms with Crippen LogP contribution in [-0.4, -0.2) is 15.1 Å². The first-order chi connectivity index (χ1) is 6.93. The van der Waals surface area contributed by atoms with E-state index in [4.69, 9.17) is 5.11 Å². The van der Waals surface area contributed by atoms with Crippen LogP contribution in [0.2, 0.25) is 0 Å². The molecule has 0 aliphatic rings. The average Bonchev–Trinajstić information content (AvgIpc) is 2.17. The summed E-state index contributed by atoms with van der Waals surface area (Å²) >= 11 is 0. The predicted octanol–water partition coefficient (Wildman–Crippen LogP) is 2.50. The van der Waals surface area contributed by atoms with Gasteiger partial charge in [-0.25, -0.2) is 9.97 Å². The zero-order chi connectivity index (χ0) is 11.5. The Morgan fingerprint density at radius 1 is 1.40 bits per heavy atom. The number of halogens is 3. The van der Waals surface area contributed by atoms with Gasteiger partial charge in [0, 0.05) is 12.4 Å². The van der Waals surface area contributed by atoms with Crippen molar-refractivity contribution in [1.29, 1.82) is 0 Å². The summed E-state index contributed by atoms with van der Waals surface area (Å²) in [7, 11) is 0. The predicted molar refractivity (Wildman–Crippen MR) is 47.1 cm³/mol. The number of nitrogens with zero attached hydrogens (tertiary/aromatic N) is 2. The lowest BCUT2D eigenvalue weighted by Gasteiger charge is -2.05. The van der Waals surface area contributed by atoms with Crippen LogP contribution in [0.3, 0.4) is 0 Å².